The van der Waals surface area contributed by atoms with E-state index in [9.17, 15) is 13.2 Å². The van der Waals surface area contributed by atoms with Crippen molar-refractivity contribution in [1.29, 1.82) is 0 Å². The Hall–Kier alpha value is -0.660. The summed E-state index contributed by atoms with van der Waals surface area (Å²) in [5.41, 5.74) is 0. The van der Waals surface area contributed by atoms with Gasteiger partial charge in [-0.1, -0.05) is 27.2 Å². The van der Waals surface area contributed by atoms with Crippen LogP contribution in [0.5, 0.6) is 0 Å². The Kier molecular flexibility index (Phi) is 6.45. The number of carbonyl (C=O) groups is 1. The maximum Gasteiger partial charge on any atom is 0.237 e. The van der Waals surface area contributed by atoms with E-state index in [0.29, 0.717) is 25.0 Å². The van der Waals surface area contributed by atoms with Crippen molar-refractivity contribution in [2.24, 2.45) is 11.8 Å². The lowest BCUT2D eigenvalue weighted by Crippen LogP contribution is -2.47. The topological polar surface area (TPSA) is 66.9 Å². The summed E-state index contributed by atoms with van der Waals surface area (Å²) in [4.78, 5) is 16.6. The molecular formula is C16H30N2O4S. The zero-order valence-corrected chi connectivity index (χ0v) is 15.3. The monoisotopic (exact) mass is 346 g/mol. The van der Waals surface area contributed by atoms with Gasteiger partial charge in [-0.2, -0.15) is 0 Å². The van der Waals surface area contributed by atoms with Crippen molar-refractivity contribution in [2.45, 2.75) is 33.2 Å². The van der Waals surface area contributed by atoms with E-state index >= 15 is 0 Å². The Morgan fingerprint density at radius 3 is 2.43 bits per heavy atom. The van der Waals surface area contributed by atoms with Crippen molar-refractivity contribution in [3.63, 3.8) is 0 Å². The van der Waals surface area contributed by atoms with E-state index in [4.69, 9.17) is 4.74 Å². The van der Waals surface area contributed by atoms with E-state index in [1.165, 1.54) is 0 Å². The van der Waals surface area contributed by atoms with Crippen LogP contribution in [0.2, 0.25) is 0 Å². The van der Waals surface area contributed by atoms with Crippen LogP contribution in [0.25, 0.3) is 0 Å². The summed E-state index contributed by atoms with van der Waals surface area (Å²) in [5.74, 6) is -0.0331. The second kappa shape index (κ2) is 7.94. The van der Waals surface area contributed by atoms with Gasteiger partial charge in [-0.15, -0.1) is 0 Å². The summed E-state index contributed by atoms with van der Waals surface area (Å²) >= 11 is 0. The van der Waals surface area contributed by atoms with Crippen LogP contribution >= 0.6 is 0 Å². The van der Waals surface area contributed by atoms with Gasteiger partial charge in [-0.25, -0.2) is 8.42 Å². The molecule has 0 aromatic rings. The van der Waals surface area contributed by atoms with Gasteiger partial charge in [0.1, 0.15) is 5.75 Å². The lowest BCUT2D eigenvalue weighted by molar-refractivity contribution is -0.127. The van der Waals surface area contributed by atoms with Crippen molar-refractivity contribution in [3.05, 3.63) is 0 Å². The van der Waals surface area contributed by atoms with Gasteiger partial charge in [0.25, 0.3) is 0 Å². The highest BCUT2D eigenvalue weighted by Gasteiger charge is 2.38. The first-order valence-electron chi connectivity index (χ1n) is 8.62. The fourth-order valence-corrected chi connectivity index (χ4v) is 5.32. The average molecular weight is 346 g/mol. The van der Waals surface area contributed by atoms with Crippen LogP contribution < -0.4 is 0 Å². The summed E-state index contributed by atoms with van der Waals surface area (Å²) in [7, 11) is -3.31. The van der Waals surface area contributed by atoms with Crippen LogP contribution in [0.3, 0.4) is 0 Å². The van der Waals surface area contributed by atoms with Gasteiger partial charge >= 0.3 is 0 Å². The molecule has 0 aliphatic carbocycles. The number of likely N-dealkylation sites (tertiary alicyclic amines) is 1. The van der Waals surface area contributed by atoms with Crippen LogP contribution in [0.1, 0.15) is 27.2 Å². The number of hydrogen-bond donors (Lipinski definition) is 0. The van der Waals surface area contributed by atoms with Crippen molar-refractivity contribution in [2.75, 3.05) is 50.9 Å². The number of hydrogen-bond acceptors (Lipinski definition) is 5. The Labute approximate surface area is 140 Å². The third kappa shape index (κ3) is 5.16. The molecule has 2 heterocycles. The zero-order chi connectivity index (χ0) is 17.0. The van der Waals surface area contributed by atoms with Crippen LogP contribution in [-0.2, 0) is 19.4 Å². The maximum atomic E-state index is 12.4. The van der Waals surface area contributed by atoms with Gasteiger partial charge in [0.2, 0.25) is 5.91 Å². The van der Waals surface area contributed by atoms with E-state index in [1.807, 2.05) is 13.8 Å². The molecule has 0 spiro atoms. The molecule has 0 aromatic heterocycles. The van der Waals surface area contributed by atoms with Gasteiger partial charge in [0.05, 0.1) is 19.0 Å². The Morgan fingerprint density at radius 2 is 1.87 bits per heavy atom. The standard InChI is InChI=1S/C16H30N2O4S/c1-4-14-9-18(10-15(14)17-5-7-22-8-6-17)16(19)12-23(20,21)11-13(2)3/h13-15H,4-12H2,1-3H3/t14-,15-/m1/s1. The molecule has 2 rings (SSSR count). The third-order valence-corrected chi connectivity index (χ3v) is 6.59. The molecule has 1 amide bonds. The van der Waals surface area contributed by atoms with E-state index in [0.717, 1.165) is 32.7 Å². The number of morpholine rings is 1. The van der Waals surface area contributed by atoms with E-state index < -0.39 is 9.84 Å². The molecule has 2 fully saturated rings. The van der Waals surface area contributed by atoms with Crippen molar-refractivity contribution >= 4 is 15.7 Å². The molecule has 6 nitrogen and oxygen atoms in total. The normalized spacial score (nSPS) is 26.9. The molecule has 2 aliphatic heterocycles. The molecule has 134 valence electrons. The maximum absolute atomic E-state index is 12.4. The summed E-state index contributed by atoms with van der Waals surface area (Å²) < 4.78 is 29.5. The minimum atomic E-state index is -3.31. The SMILES string of the molecule is CC[C@@H]1CN(C(=O)CS(=O)(=O)CC(C)C)C[C@H]1N1CCOCC1. The number of rotatable bonds is 6. The predicted octanol–water partition coefficient (Wildman–Crippen LogP) is 0.626. The first-order chi connectivity index (χ1) is 10.8. The largest absolute Gasteiger partial charge is 0.379 e. The van der Waals surface area contributed by atoms with Gasteiger partial charge < -0.3 is 9.64 Å². The van der Waals surface area contributed by atoms with Crippen LogP contribution in [0.4, 0.5) is 0 Å². The van der Waals surface area contributed by atoms with Gasteiger partial charge in [0, 0.05) is 32.2 Å². The Morgan fingerprint density at radius 1 is 1.22 bits per heavy atom. The van der Waals surface area contributed by atoms with Crippen LogP contribution in [0, 0.1) is 11.8 Å². The summed E-state index contributed by atoms with van der Waals surface area (Å²) in [5, 5.41) is 0. The van der Waals surface area contributed by atoms with Crippen molar-refractivity contribution < 1.29 is 17.9 Å². The number of sulfone groups is 1. The number of ether oxygens (including phenoxy) is 1. The lowest BCUT2D eigenvalue weighted by Gasteiger charge is -2.34. The molecule has 0 unspecified atom stereocenters. The number of nitrogens with zero attached hydrogens (tertiary/aromatic N) is 2. The lowest BCUT2D eigenvalue weighted by atomic mass is 9.99. The molecule has 2 saturated heterocycles. The van der Waals surface area contributed by atoms with E-state index in [-0.39, 0.29) is 23.3 Å². The quantitative estimate of drug-likeness (QED) is 0.706. The van der Waals surface area contributed by atoms with E-state index in [1.54, 1.807) is 4.90 Å². The highest BCUT2D eigenvalue weighted by molar-refractivity contribution is 7.92. The van der Waals surface area contributed by atoms with Crippen molar-refractivity contribution in [3.8, 4) is 0 Å². The predicted molar refractivity (Wildman–Crippen MR) is 90.0 cm³/mol. The average Bonchev–Trinajstić information content (AvgIpc) is 2.90. The first-order valence-corrected chi connectivity index (χ1v) is 10.4. The summed E-state index contributed by atoms with van der Waals surface area (Å²) in [6.07, 6.45) is 1.00. The van der Waals surface area contributed by atoms with Gasteiger partial charge in [-0.3, -0.25) is 9.69 Å². The molecule has 0 saturated carbocycles. The molecule has 0 bridgehead atoms. The summed E-state index contributed by atoms with van der Waals surface area (Å²) in [6, 6.07) is 0.334. The second-order valence-electron chi connectivity index (χ2n) is 7.13. The highest BCUT2D eigenvalue weighted by Crippen LogP contribution is 2.26. The van der Waals surface area contributed by atoms with Crippen LogP contribution in [-0.4, -0.2) is 81.1 Å². The second-order valence-corrected chi connectivity index (χ2v) is 9.24. The first kappa shape index (κ1) is 18.7. The zero-order valence-electron chi connectivity index (χ0n) is 14.5. The minimum absolute atomic E-state index is 0.0517. The number of amides is 1. The highest BCUT2D eigenvalue weighted by atomic mass is 32.2. The van der Waals surface area contributed by atoms with Crippen LogP contribution in [0.15, 0.2) is 0 Å². The molecule has 23 heavy (non-hydrogen) atoms. The van der Waals surface area contributed by atoms with E-state index in [2.05, 4.69) is 11.8 Å². The smallest absolute Gasteiger partial charge is 0.237 e. The molecule has 7 heteroatoms. The summed E-state index contributed by atoms with van der Waals surface area (Å²) in [6.45, 7) is 10.5. The molecule has 2 aliphatic rings. The Bertz CT molecular complexity index is 500. The van der Waals surface area contributed by atoms with Crippen molar-refractivity contribution in [1.82, 2.24) is 9.80 Å². The van der Waals surface area contributed by atoms with Gasteiger partial charge in [0.15, 0.2) is 9.84 Å². The molecule has 2 atom stereocenters. The third-order valence-electron chi connectivity index (χ3n) is 4.73. The van der Waals surface area contributed by atoms with Gasteiger partial charge in [-0.05, 0) is 11.8 Å². The molecule has 0 aromatic carbocycles. The fourth-order valence-electron chi connectivity index (χ4n) is 3.63. The molecule has 0 N–H and O–H groups in total. The Balaban J connectivity index is 1.96. The minimum Gasteiger partial charge on any atom is -0.379 e. The number of carbonyl (C=O) groups excluding carboxylic acids is 1. The molecule has 0 radical (unpaired) electrons. The fraction of sp³-hybridized carbons (Fsp3) is 0.938. The molecular weight excluding hydrogens is 316 g/mol.